The van der Waals surface area contributed by atoms with Crippen LogP contribution in [0.2, 0.25) is 0 Å². The van der Waals surface area contributed by atoms with Crippen molar-refractivity contribution in [2.45, 2.75) is 24.6 Å². The lowest BCUT2D eigenvalue weighted by Gasteiger charge is -2.16. The normalized spacial score (nSPS) is 36.1. The van der Waals surface area contributed by atoms with Crippen molar-refractivity contribution in [3.8, 4) is 0 Å². The minimum atomic E-state index is -0.663. The number of aliphatic hydroxyl groups is 1. The van der Waals surface area contributed by atoms with Crippen molar-refractivity contribution in [3.05, 3.63) is 48.2 Å². The van der Waals surface area contributed by atoms with Crippen molar-refractivity contribution in [1.29, 1.82) is 0 Å². The van der Waals surface area contributed by atoms with Gasteiger partial charge in [0, 0.05) is 5.56 Å². The Hall–Kier alpha value is -1.36. The van der Waals surface area contributed by atoms with Gasteiger partial charge in [-0.25, -0.2) is 0 Å². The first-order valence-corrected chi connectivity index (χ1v) is 5.67. The Morgan fingerprint density at radius 2 is 1.94 bits per heavy atom. The van der Waals surface area contributed by atoms with Crippen LogP contribution in [-0.2, 0) is 14.2 Å². The molecule has 0 aromatic heterocycles. The van der Waals surface area contributed by atoms with Crippen molar-refractivity contribution in [2.75, 3.05) is 6.61 Å². The predicted octanol–water partition coefficient (Wildman–Crippen LogP) is 1.37. The van der Waals surface area contributed by atoms with Crippen LogP contribution in [0.3, 0.4) is 0 Å². The molecule has 0 aliphatic carbocycles. The van der Waals surface area contributed by atoms with Gasteiger partial charge in [0.1, 0.15) is 24.9 Å². The Morgan fingerprint density at radius 3 is 2.76 bits per heavy atom. The van der Waals surface area contributed by atoms with Crippen LogP contribution in [0.25, 0.3) is 0 Å². The van der Waals surface area contributed by atoms with E-state index in [4.69, 9.17) is 14.2 Å². The van der Waals surface area contributed by atoms with E-state index in [-0.39, 0.29) is 18.8 Å². The van der Waals surface area contributed by atoms with Gasteiger partial charge in [0.25, 0.3) is 0 Å². The maximum absolute atomic E-state index is 9.85. The van der Waals surface area contributed by atoms with Crippen LogP contribution in [0, 0.1) is 0 Å². The first-order valence-electron chi connectivity index (χ1n) is 5.67. The van der Waals surface area contributed by atoms with Gasteiger partial charge in [-0.3, -0.25) is 0 Å². The van der Waals surface area contributed by atoms with Gasteiger partial charge in [0.2, 0.25) is 0 Å². The van der Waals surface area contributed by atoms with Crippen LogP contribution in [0.4, 0.5) is 0 Å². The summed E-state index contributed by atoms with van der Waals surface area (Å²) in [6.07, 6.45) is 1.65. The zero-order valence-corrected chi connectivity index (χ0v) is 9.23. The van der Waals surface area contributed by atoms with E-state index in [0.29, 0.717) is 0 Å². The molecule has 90 valence electrons. The fraction of sp³-hybridized carbons (Fsp3) is 0.385. The summed E-state index contributed by atoms with van der Waals surface area (Å²) in [5, 5.41) is 9.85. The molecule has 1 N–H and O–H groups in total. The van der Waals surface area contributed by atoms with Gasteiger partial charge < -0.3 is 19.3 Å². The van der Waals surface area contributed by atoms with Gasteiger partial charge in [0.05, 0.1) is 6.26 Å². The zero-order chi connectivity index (χ0) is 11.7. The summed E-state index contributed by atoms with van der Waals surface area (Å²) < 4.78 is 16.6. The van der Waals surface area contributed by atoms with Gasteiger partial charge >= 0.3 is 0 Å². The third kappa shape index (κ3) is 2.07. The lowest BCUT2D eigenvalue weighted by Crippen LogP contribution is -2.35. The highest BCUT2D eigenvalue weighted by atomic mass is 16.7. The molecule has 4 heteroatoms. The number of benzene rings is 1. The highest BCUT2D eigenvalue weighted by Gasteiger charge is 2.41. The molecule has 1 aromatic rings. The van der Waals surface area contributed by atoms with Crippen molar-refractivity contribution in [3.63, 3.8) is 0 Å². The maximum Gasteiger partial charge on any atom is 0.185 e. The fourth-order valence-corrected chi connectivity index (χ4v) is 2.09. The molecular weight excluding hydrogens is 220 g/mol. The van der Waals surface area contributed by atoms with Crippen molar-refractivity contribution < 1.29 is 19.3 Å². The molecular formula is C13H14O4. The van der Waals surface area contributed by atoms with Crippen molar-refractivity contribution in [1.82, 2.24) is 0 Å². The Balaban J connectivity index is 1.80. The molecule has 2 heterocycles. The van der Waals surface area contributed by atoms with Crippen LogP contribution in [0.15, 0.2) is 42.7 Å². The number of rotatable bonds is 1. The van der Waals surface area contributed by atoms with Crippen molar-refractivity contribution >= 4 is 0 Å². The lowest BCUT2D eigenvalue weighted by atomic mass is 10.1. The van der Waals surface area contributed by atoms with Gasteiger partial charge in [-0.15, -0.1) is 0 Å². The molecule has 4 nitrogen and oxygen atoms in total. The lowest BCUT2D eigenvalue weighted by molar-refractivity contribution is -0.0923. The van der Waals surface area contributed by atoms with E-state index in [0.717, 1.165) is 5.56 Å². The monoisotopic (exact) mass is 234 g/mol. The second-order valence-corrected chi connectivity index (χ2v) is 4.17. The summed E-state index contributed by atoms with van der Waals surface area (Å²) in [6, 6.07) is 9.71. The molecule has 17 heavy (non-hydrogen) atoms. The Morgan fingerprint density at radius 1 is 1.12 bits per heavy atom. The number of hydrogen-bond donors (Lipinski definition) is 1. The average Bonchev–Trinajstić information content (AvgIpc) is 2.72. The van der Waals surface area contributed by atoms with E-state index < -0.39 is 12.4 Å². The molecule has 0 radical (unpaired) electrons. The minimum Gasteiger partial charge on any atom is -0.499 e. The van der Waals surface area contributed by atoms with Crippen molar-refractivity contribution in [2.24, 2.45) is 0 Å². The number of aliphatic hydroxyl groups excluding tert-OH is 1. The molecule has 0 saturated carbocycles. The average molecular weight is 234 g/mol. The van der Waals surface area contributed by atoms with Gasteiger partial charge in [-0.05, 0) is 6.08 Å². The standard InChI is InChI=1S/C13H14O4/c14-10-8-15-7-6-11-12(10)17-13(16-11)9-4-2-1-3-5-9/h1-7,10-14H,8H2/t10-,11-,12-,13?/m1/s1. The number of ether oxygens (including phenoxy) is 3. The molecule has 0 amide bonds. The highest BCUT2D eigenvalue weighted by molar-refractivity contribution is 5.17. The van der Waals surface area contributed by atoms with E-state index in [9.17, 15) is 5.11 Å². The first-order chi connectivity index (χ1) is 8.34. The predicted molar refractivity (Wildman–Crippen MR) is 60.0 cm³/mol. The summed E-state index contributed by atoms with van der Waals surface area (Å²) in [4.78, 5) is 0. The van der Waals surface area contributed by atoms with Gasteiger partial charge in [0.15, 0.2) is 6.29 Å². The number of fused-ring (bicyclic) bond motifs is 1. The van der Waals surface area contributed by atoms with Gasteiger partial charge in [-0.1, -0.05) is 30.3 Å². The first kappa shape index (κ1) is 10.8. The topological polar surface area (TPSA) is 47.9 Å². The Kier molecular flexibility index (Phi) is 2.84. The van der Waals surface area contributed by atoms with E-state index in [2.05, 4.69) is 0 Å². The van der Waals surface area contributed by atoms with Crippen LogP contribution in [0.1, 0.15) is 11.9 Å². The van der Waals surface area contributed by atoms with Crippen LogP contribution in [-0.4, -0.2) is 30.0 Å². The summed E-state index contributed by atoms with van der Waals surface area (Å²) in [7, 11) is 0. The third-order valence-electron chi connectivity index (χ3n) is 2.97. The molecule has 4 atom stereocenters. The highest BCUT2D eigenvalue weighted by Crippen LogP contribution is 2.34. The molecule has 1 aromatic carbocycles. The molecule has 1 fully saturated rings. The Labute approximate surface area is 99.4 Å². The minimum absolute atomic E-state index is 0.239. The molecule has 1 saturated heterocycles. The van der Waals surface area contributed by atoms with E-state index in [1.165, 1.54) is 0 Å². The molecule has 1 unspecified atom stereocenters. The molecule has 2 aliphatic rings. The fourth-order valence-electron chi connectivity index (χ4n) is 2.09. The molecule has 3 rings (SSSR count). The van der Waals surface area contributed by atoms with E-state index in [1.807, 2.05) is 30.3 Å². The zero-order valence-electron chi connectivity index (χ0n) is 9.23. The molecule has 2 aliphatic heterocycles. The largest absolute Gasteiger partial charge is 0.499 e. The Bertz CT molecular complexity index is 403. The quantitative estimate of drug-likeness (QED) is 0.797. The maximum atomic E-state index is 9.85. The number of hydrogen-bond acceptors (Lipinski definition) is 4. The third-order valence-corrected chi connectivity index (χ3v) is 2.97. The molecule has 0 spiro atoms. The van der Waals surface area contributed by atoms with Crippen LogP contribution >= 0.6 is 0 Å². The summed E-state index contributed by atoms with van der Waals surface area (Å²) in [5.74, 6) is 0. The summed E-state index contributed by atoms with van der Waals surface area (Å²) >= 11 is 0. The smallest absolute Gasteiger partial charge is 0.185 e. The molecule has 0 bridgehead atoms. The van der Waals surface area contributed by atoms with Gasteiger partial charge in [-0.2, -0.15) is 0 Å². The van der Waals surface area contributed by atoms with Crippen LogP contribution in [0.5, 0.6) is 0 Å². The SMILES string of the molecule is O[C@@H]1COC=C[C@H]2OC(c3ccccc3)O[C@H]12. The van der Waals surface area contributed by atoms with Crippen LogP contribution < -0.4 is 0 Å². The second-order valence-electron chi connectivity index (χ2n) is 4.17. The summed E-state index contributed by atoms with van der Waals surface area (Å²) in [6.45, 7) is 0.239. The summed E-state index contributed by atoms with van der Waals surface area (Å²) in [5.41, 5.74) is 0.960. The van der Waals surface area contributed by atoms with E-state index in [1.54, 1.807) is 12.3 Å². The second kappa shape index (κ2) is 4.49. The van der Waals surface area contributed by atoms with E-state index >= 15 is 0 Å².